The second-order valence-corrected chi connectivity index (χ2v) is 4.71. The van der Waals surface area contributed by atoms with Gasteiger partial charge in [-0.15, -0.1) is 0 Å². The van der Waals surface area contributed by atoms with Crippen LogP contribution in [0.2, 0.25) is 0 Å². The summed E-state index contributed by atoms with van der Waals surface area (Å²) in [5.41, 5.74) is 0.891. The second kappa shape index (κ2) is 3.11. The van der Waals surface area contributed by atoms with Gasteiger partial charge in [0, 0.05) is 5.39 Å². The molecule has 0 spiro atoms. The molecule has 0 bridgehead atoms. The maximum atomic E-state index is 9.83. The van der Waals surface area contributed by atoms with Crippen LogP contribution in [-0.2, 0) is 5.60 Å². The molecule has 0 amide bonds. The summed E-state index contributed by atoms with van der Waals surface area (Å²) in [6.07, 6.45) is 1.65. The van der Waals surface area contributed by atoms with Crippen molar-refractivity contribution in [3.63, 3.8) is 0 Å². The van der Waals surface area contributed by atoms with Crippen LogP contribution >= 0.6 is 15.9 Å². The van der Waals surface area contributed by atoms with Gasteiger partial charge in [-0.25, -0.2) is 0 Å². The summed E-state index contributed by atoms with van der Waals surface area (Å²) in [4.78, 5) is 0. The highest BCUT2D eigenvalue weighted by atomic mass is 79.9. The molecular formula is C11H11BrO2. The minimum Gasteiger partial charge on any atom is -0.463 e. The average Bonchev–Trinajstić information content (AvgIpc) is 2.46. The molecule has 1 heterocycles. The van der Waals surface area contributed by atoms with E-state index in [-0.39, 0.29) is 0 Å². The Labute approximate surface area is 90.7 Å². The van der Waals surface area contributed by atoms with Gasteiger partial charge in [0.05, 0.1) is 10.1 Å². The van der Waals surface area contributed by atoms with Gasteiger partial charge in [-0.05, 0) is 47.5 Å². The van der Waals surface area contributed by atoms with Crippen LogP contribution in [0.15, 0.2) is 33.4 Å². The largest absolute Gasteiger partial charge is 0.463 e. The van der Waals surface area contributed by atoms with Crippen molar-refractivity contribution in [3.8, 4) is 0 Å². The van der Waals surface area contributed by atoms with Crippen molar-refractivity contribution >= 4 is 26.9 Å². The summed E-state index contributed by atoms with van der Waals surface area (Å²) in [5, 5.41) is 10.8. The highest BCUT2D eigenvalue weighted by Gasteiger charge is 2.17. The van der Waals surface area contributed by atoms with E-state index in [4.69, 9.17) is 4.42 Å². The molecule has 14 heavy (non-hydrogen) atoms. The topological polar surface area (TPSA) is 33.4 Å². The van der Waals surface area contributed by atoms with Gasteiger partial charge < -0.3 is 9.52 Å². The van der Waals surface area contributed by atoms with Gasteiger partial charge in [0.15, 0.2) is 0 Å². The van der Waals surface area contributed by atoms with Gasteiger partial charge in [0.1, 0.15) is 11.8 Å². The number of aliphatic hydroxyl groups is 1. The van der Waals surface area contributed by atoms with Crippen LogP contribution in [0.1, 0.15) is 19.4 Å². The molecule has 0 saturated heterocycles. The molecule has 0 atom stereocenters. The van der Waals surface area contributed by atoms with Crippen molar-refractivity contribution in [1.29, 1.82) is 0 Å². The van der Waals surface area contributed by atoms with E-state index >= 15 is 0 Å². The molecule has 1 aromatic carbocycles. The van der Waals surface area contributed by atoms with Gasteiger partial charge in [0.2, 0.25) is 0 Å². The Morgan fingerprint density at radius 1 is 1.36 bits per heavy atom. The zero-order valence-electron chi connectivity index (χ0n) is 8.04. The van der Waals surface area contributed by atoms with E-state index in [0.717, 1.165) is 21.0 Å². The number of halogens is 1. The maximum Gasteiger partial charge on any atom is 0.135 e. The summed E-state index contributed by atoms with van der Waals surface area (Å²) >= 11 is 3.39. The number of hydrogen-bond acceptors (Lipinski definition) is 2. The van der Waals surface area contributed by atoms with E-state index in [9.17, 15) is 5.11 Å². The summed E-state index contributed by atoms with van der Waals surface area (Å²) < 4.78 is 6.20. The van der Waals surface area contributed by atoms with E-state index in [1.165, 1.54) is 0 Å². The van der Waals surface area contributed by atoms with Crippen LogP contribution in [-0.4, -0.2) is 5.11 Å². The molecule has 2 aromatic rings. The van der Waals surface area contributed by atoms with E-state index < -0.39 is 5.60 Å². The lowest BCUT2D eigenvalue weighted by Crippen LogP contribution is -2.14. The van der Waals surface area contributed by atoms with Crippen LogP contribution < -0.4 is 0 Å². The predicted molar refractivity (Wildman–Crippen MR) is 59.2 cm³/mol. The zero-order valence-corrected chi connectivity index (χ0v) is 9.63. The Morgan fingerprint density at radius 2 is 2.07 bits per heavy atom. The Bertz CT molecular complexity index is 466. The molecule has 1 aromatic heterocycles. The highest BCUT2D eigenvalue weighted by Crippen LogP contribution is 2.30. The second-order valence-electron chi connectivity index (χ2n) is 3.85. The first-order valence-electron chi connectivity index (χ1n) is 4.38. The van der Waals surface area contributed by atoms with Crippen molar-refractivity contribution in [2.24, 2.45) is 0 Å². The lowest BCUT2D eigenvalue weighted by molar-refractivity contribution is 0.0787. The highest BCUT2D eigenvalue weighted by molar-refractivity contribution is 9.10. The monoisotopic (exact) mass is 254 g/mol. The zero-order chi connectivity index (χ0) is 10.3. The molecule has 0 aliphatic heterocycles. The van der Waals surface area contributed by atoms with Crippen molar-refractivity contribution in [1.82, 2.24) is 0 Å². The smallest absolute Gasteiger partial charge is 0.135 e. The number of fused-ring (bicyclic) bond motifs is 1. The molecule has 3 heteroatoms. The molecular weight excluding hydrogens is 244 g/mol. The molecule has 2 nitrogen and oxygen atoms in total. The molecule has 0 fully saturated rings. The SMILES string of the molecule is CC(C)(O)c1ccc2occ(Br)c2c1. The molecule has 0 unspecified atom stereocenters. The van der Waals surface area contributed by atoms with Crippen LogP contribution in [0, 0.1) is 0 Å². The normalized spacial score (nSPS) is 12.3. The molecule has 2 rings (SSSR count). The van der Waals surface area contributed by atoms with Crippen LogP contribution in [0.3, 0.4) is 0 Å². The lowest BCUT2D eigenvalue weighted by Gasteiger charge is -2.17. The number of hydrogen-bond donors (Lipinski definition) is 1. The number of furan rings is 1. The first-order chi connectivity index (χ1) is 6.48. The average molecular weight is 255 g/mol. The third-order valence-corrected chi connectivity index (χ3v) is 2.85. The number of benzene rings is 1. The van der Waals surface area contributed by atoms with E-state index in [1.54, 1.807) is 20.1 Å². The third kappa shape index (κ3) is 1.57. The fraction of sp³-hybridized carbons (Fsp3) is 0.273. The van der Waals surface area contributed by atoms with Crippen molar-refractivity contribution in [2.75, 3.05) is 0 Å². The van der Waals surface area contributed by atoms with E-state index in [0.29, 0.717) is 0 Å². The Morgan fingerprint density at radius 3 is 2.71 bits per heavy atom. The molecule has 1 N–H and O–H groups in total. The summed E-state index contributed by atoms with van der Waals surface area (Å²) in [5.74, 6) is 0. The maximum absolute atomic E-state index is 9.83. The number of rotatable bonds is 1. The Hall–Kier alpha value is -0.800. The summed E-state index contributed by atoms with van der Waals surface area (Å²) in [7, 11) is 0. The quantitative estimate of drug-likeness (QED) is 0.846. The Kier molecular flexibility index (Phi) is 2.16. The van der Waals surface area contributed by atoms with Crippen molar-refractivity contribution in [2.45, 2.75) is 19.4 Å². The van der Waals surface area contributed by atoms with E-state index in [2.05, 4.69) is 15.9 Å². The van der Waals surface area contributed by atoms with Gasteiger partial charge in [-0.3, -0.25) is 0 Å². The van der Waals surface area contributed by atoms with Crippen molar-refractivity contribution < 1.29 is 9.52 Å². The first kappa shape index (κ1) is 9.74. The third-order valence-electron chi connectivity index (χ3n) is 2.23. The molecule has 74 valence electrons. The minimum absolute atomic E-state index is 0.815. The molecule has 0 radical (unpaired) electrons. The molecule has 0 aliphatic carbocycles. The lowest BCUT2D eigenvalue weighted by atomic mass is 9.97. The van der Waals surface area contributed by atoms with Crippen LogP contribution in [0.4, 0.5) is 0 Å². The summed E-state index contributed by atoms with van der Waals surface area (Å²) in [6, 6.07) is 5.68. The Balaban J connectivity index is 2.66. The molecule has 0 saturated carbocycles. The van der Waals surface area contributed by atoms with Crippen molar-refractivity contribution in [3.05, 3.63) is 34.5 Å². The summed E-state index contributed by atoms with van der Waals surface area (Å²) in [6.45, 7) is 3.53. The minimum atomic E-state index is -0.815. The molecule has 0 aliphatic rings. The fourth-order valence-corrected chi connectivity index (χ4v) is 1.78. The first-order valence-corrected chi connectivity index (χ1v) is 5.17. The van der Waals surface area contributed by atoms with Gasteiger partial charge in [-0.2, -0.15) is 0 Å². The van der Waals surface area contributed by atoms with Crippen LogP contribution in [0.25, 0.3) is 11.0 Å². The standard InChI is InChI=1S/C11H11BrO2/c1-11(2,13)7-3-4-10-8(5-7)9(12)6-14-10/h3-6,13H,1-2H3. The van der Waals surface area contributed by atoms with Crippen LogP contribution in [0.5, 0.6) is 0 Å². The van der Waals surface area contributed by atoms with E-state index in [1.807, 2.05) is 18.2 Å². The van der Waals surface area contributed by atoms with Gasteiger partial charge in [-0.1, -0.05) is 6.07 Å². The van der Waals surface area contributed by atoms with Gasteiger partial charge >= 0.3 is 0 Å². The fourth-order valence-electron chi connectivity index (χ4n) is 1.38. The van der Waals surface area contributed by atoms with Gasteiger partial charge in [0.25, 0.3) is 0 Å². The predicted octanol–water partition coefficient (Wildman–Crippen LogP) is 3.42.